The molecule has 1 aromatic carbocycles. The van der Waals surface area contributed by atoms with E-state index >= 15 is 0 Å². The first-order valence-electron chi connectivity index (χ1n) is 6.08. The van der Waals surface area contributed by atoms with Gasteiger partial charge in [0.1, 0.15) is 5.69 Å². The standard InChI is InChI=1S/C14H14N2O3/c1-14(2)7-15-12(17)11-5-8-3-4-9(13(18)19)6-10(8)16(11)14/h3-6H,7H2,1-2H3,(H,15,17)(H,18,19). The normalized spacial score (nSPS) is 17.1. The summed E-state index contributed by atoms with van der Waals surface area (Å²) in [6.07, 6.45) is 0. The highest BCUT2D eigenvalue weighted by molar-refractivity contribution is 6.01. The molecule has 0 saturated carbocycles. The van der Waals surface area contributed by atoms with E-state index in [2.05, 4.69) is 5.32 Å². The monoisotopic (exact) mass is 258 g/mol. The molecule has 0 spiro atoms. The van der Waals surface area contributed by atoms with E-state index in [1.54, 1.807) is 24.3 Å². The molecule has 0 atom stereocenters. The van der Waals surface area contributed by atoms with Crippen LogP contribution in [-0.2, 0) is 5.54 Å². The summed E-state index contributed by atoms with van der Waals surface area (Å²) >= 11 is 0. The Kier molecular flexibility index (Phi) is 2.23. The number of aromatic nitrogens is 1. The zero-order chi connectivity index (χ0) is 13.8. The van der Waals surface area contributed by atoms with Crippen LogP contribution in [0.1, 0.15) is 34.7 Å². The van der Waals surface area contributed by atoms with Crippen LogP contribution in [0.4, 0.5) is 0 Å². The number of aromatic carboxylic acids is 1. The van der Waals surface area contributed by atoms with Crippen molar-refractivity contribution in [3.63, 3.8) is 0 Å². The largest absolute Gasteiger partial charge is 0.478 e. The number of hydrogen-bond acceptors (Lipinski definition) is 2. The first-order chi connectivity index (χ1) is 8.90. The molecule has 5 heteroatoms. The summed E-state index contributed by atoms with van der Waals surface area (Å²) in [7, 11) is 0. The van der Waals surface area contributed by atoms with Gasteiger partial charge >= 0.3 is 5.97 Å². The summed E-state index contributed by atoms with van der Waals surface area (Å²) in [5.41, 5.74) is 1.32. The number of fused-ring (bicyclic) bond motifs is 3. The van der Waals surface area contributed by atoms with Crippen molar-refractivity contribution in [1.29, 1.82) is 0 Å². The molecule has 1 aromatic heterocycles. The minimum atomic E-state index is -0.962. The summed E-state index contributed by atoms with van der Waals surface area (Å²) < 4.78 is 1.92. The lowest BCUT2D eigenvalue weighted by molar-refractivity contribution is 0.0697. The molecule has 1 aliphatic heterocycles. The van der Waals surface area contributed by atoms with E-state index in [-0.39, 0.29) is 17.0 Å². The van der Waals surface area contributed by atoms with Crippen LogP contribution in [0, 0.1) is 0 Å². The van der Waals surface area contributed by atoms with E-state index in [1.807, 2.05) is 18.4 Å². The highest BCUT2D eigenvalue weighted by Crippen LogP contribution is 2.30. The molecular weight excluding hydrogens is 244 g/mol. The van der Waals surface area contributed by atoms with Gasteiger partial charge in [-0.15, -0.1) is 0 Å². The van der Waals surface area contributed by atoms with Crippen LogP contribution in [0.25, 0.3) is 10.9 Å². The molecule has 0 radical (unpaired) electrons. The molecule has 5 nitrogen and oxygen atoms in total. The maximum Gasteiger partial charge on any atom is 0.335 e. The molecule has 0 unspecified atom stereocenters. The predicted octanol–water partition coefficient (Wildman–Crippen LogP) is 1.82. The quantitative estimate of drug-likeness (QED) is 0.819. The Morgan fingerprint density at radius 3 is 2.79 bits per heavy atom. The minimum absolute atomic E-state index is 0.118. The molecule has 0 aliphatic carbocycles. The average molecular weight is 258 g/mol. The lowest BCUT2D eigenvalue weighted by Gasteiger charge is -2.34. The van der Waals surface area contributed by atoms with Crippen molar-refractivity contribution in [1.82, 2.24) is 9.88 Å². The average Bonchev–Trinajstić information content (AvgIpc) is 2.74. The van der Waals surface area contributed by atoms with Gasteiger partial charge < -0.3 is 15.0 Å². The van der Waals surface area contributed by atoms with Crippen LogP contribution in [0.3, 0.4) is 0 Å². The highest BCUT2D eigenvalue weighted by atomic mass is 16.4. The molecule has 0 bridgehead atoms. The molecular formula is C14H14N2O3. The molecule has 2 heterocycles. The second-order valence-corrected chi connectivity index (χ2v) is 5.44. The van der Waals surface area contributed by atoms with Crippen molar-refractivity contribution in [2.45, 2.75) is 19.4 Å². The number of hydrogen-bond donors (Lipinski definition) is 2. The van der Waals surface area contributed by atoms with Crippen molar-refractivity contribution in [3.8, 4) is 0 Å². The van der Waals surface area contributed by atoms with Crippen LogP contribution < -0.4 is 5.32 Å². The van der Waals surface area contributed by atoms with Crippen LogP contribution in [0.5, 0.6) is 0 Å². The molecule has 2 aromatic rings. The van der Waals surface area contributed by atoms with Gasteiger partial charge in [0.05, 0.1) is 16.6 Å². The Balaban J connectivity index is 2.36. The molecule has 0 fully saturated rings. The molecule has 3 rings (SSSR count). The zero-order valence-electron chi connectivity index (χ0n) is 10.7. The van der Waals surface area contributed by atoms with Crippen LogP contribution in [0.15, 0.2) is 24.3 Å². The van der Waals surface area contributed by atoms with Gasteiger partial charge in [-0.3, -0.25) is 4.79 Å². The number of carboxylic acid groups (broad SMARTS) is 1. The highest BCUT2D eigenvalue weighted by Gasteiger charge is 2.32. The maximum absolute atomic E-state index is 11.9. The minimum Gasteiger partial charge on any atom is -0.478 e. The van der Waals surface area contributed by atoms with E-state index in [4.69, 9.17) is 5.11 Å². The Bertz CT molecular complexity index is 713. The number of rotatable bonds is 1. The molecule has 1 aliphatic rings. The molecule has 0 saturated heterocycles. The van der Waals surface area contributed by atoms with Gasteiger partial charge in [0, 0.05) is 11.9 Å². The number of carboxylic acids is 1. The van der Waals surface area contributed by atoms with Crippen molar-refractivity contribution >= 4 is 22.8 Å². The first-order valence-corrected chi connectivity index (χ1v) is 6.08. The topological polar surface area (TPSA) is 71.3 Å². The van der Waals surface area contributed by atoms with E-state index in [9.17, 15) is 9.59 Å². The lowest BCUT2D eigenvalue weighted by Crippen LogP contribution is -2.47. The SMILES string of the molecule is CC1(C)CNC(=O)c2cc3ccc(C(=O)O)cc3n21. The fourth-order valence-electron chi connectivity index (χ4n) is 2.62. The van der Waals surface area contributed by atoms with Crippen LogP contribution in [-0.4, -0.2) is 28.1 Å². The number of nitrogens with one attached hydrogen (secondary N) is 1. The Labute approximate surface area is 109 Å². The van der Waals surface area contributed by atoms with Crippen molar-refractivity contribution < 1.29 is 14.7 Å². The van der Waals surface area contributed by atoms with Crippen molar-refractivity contribution in [2.24, 2.45) is 0 Å². The van der Waals surface area contributed by atoms with Crippen LogP contribution in [0.2, 0.25) is 0 Å². The van der Waals surface area contributed by atoms with Gasteiger partial charge in [0.25, 0.3) is 5.91 Å². The molecule has 1 amide bonds. The van der Waals surface area contributed by atoms with E-state index in [1.165, 1.54) is 0 Å². The molecule has 19 heavy (non-hydrogen) atoms. The fourth-order valence-corrected chi connectivity index (χ4v) is 2.62. The third-order valence-corrected chi connectivity index (χ3v) is 3.57. The molecule has 2 N–H and O–H groups in total. The van der Waals surface area contributed by atoms with Crippen molar-refractivity contribution in [3.05, 3.63) is 35.5 Å². The van der Waals surface area contributed by atoms with Gasteiger partial charge in [-0.1, -0.05) is 6.07 Å². The number of carbonyl (C=O) groups is 2. The second-order valence-electron chi connectivity index (χ2n) is 5.44. The van der Waals surface area contributed by atoms with E-state index < -0.39 is 5.97 Å². The number of nitrogens with zero attached hydrogens (tertiary/aromatic N) is 1. The van der Waals surface area contributed by atoms with E-state index in [0.29, 0.717) is 12.2 Å². The summed E-state index contributed by atoms with van der Waals surface area (Å²) in [4.78, 5) is 23.0. The lowest BCUT2D eigenvalue weighted by atomic mass is 10.0. The smallest absolute Gasteiger partial charge is 0.335 e. The Morgan fingerprint density at radius 1 is 1.37 bits per heavy atom. The van der Waals surface area contributed by atoms with E-state index in [0.717, 1.165) is 10.9 Å². The van der Waals surface area contributed by atoms with Gasteiger partial charge in [0.15, 0.2) is 0 Å². The number of amides is 1. The van der Waals surface area contributed by atoms with Gasteiger partial charge in [-0.25, -0.2) is 4.79 Å². The molecule has 98 valence electrons. The van der Waals surface area contributed by atoms with Gasteiger partial charge in [-0.2, -0.15) is 0 Å². The number of carbonyl (C=O) groups excluding carboxylic acids is 1. The third kappa shape index (κ3) is 1.62. The fraction of sp³-hybridized carbons (Fsp3) is 0.286. The Morgan fingerprint density at radius 2 is 2.11 bits per heavy atom. The number of benzene rings is 1. The van der Waals surface area contributed by atoms with Crippen molar-refractivity contribution in [2.75, 3.05) is 6.54 Å². The summed E-state index contributed by atoms with van der Waals surface area (Å²) in [5.74, 6) is -1.08. The second kappa shape index (κ2) is 3.60. The summed E-state index contributed by atoms with van der Waals surface area (Å²) in [6.45, 7) is 4.56. The van der Waals surface area contributed by atoms with Crippen LogP contribution >= 0.6 is 0 Å². The Hall–Kier alpha value is -2.30. The van der Waals surface area contributed by atoms with Gasteiger partial charge in [-0.05, 0) is 32.0 Å². The zero-order valence-corrected chi connectivity index (χ0v) is 10.7. The summed E-state index contributed by atoms with van der Waals surface area (Å²) in [5, 5.41) is 12.8. The third-order valence-electron chi connectivity index (χ3n) is 3.57. The first kappa shape index (κ1) is 11.8. The summed E-state index contributed by atoms with van der Waals surface area (Å²) in [6, 6.07) is 6.73. The van der Waals surface area contributed by atoms with Gasteiger partial charge in [0.2, 0.25) is 0 Å². The predicted molar refractivity (Wildman–Crippen MR) is 70.6 cm³/mol. The maximum atomic E-state index is 11.9.